The van der Waals surface area contributed by atoms with E-state index in [0.717, 1.165) is 4.68 Å². The molecule has 0 fully saturated rings. The normalized spacial score (nSPS) is 11.5. The summed E-state index contributed by atoms with van der Waals surface area (Å²) in [5.41, 5.74) is 0.632. The van der Waals surface area contributed by atoms with Crippen LogP contribution in [0.2, 0.25) is 0 Å². The van der Waals surface area contributed by atoms with Crippen molar-refractivity contribution in [1.29, 1.82) is 0 Å². The first-order valence-corrected chi connectivity index (χ1v) is 7.68. The first kappa shape index (κ1) is 19.0. The molecule has 2 rings (SSSR count). The second-order valence-electron chi connectivity index (χ2n) is 5.41. The highest BCUT2D eigenvalue weighted by Crippen LogP contribution is 2.31. The molecule has 2 N–H and O–H groups in total. The van der Waals surface area contributed by atoms with Crippen LogP contribution >= 0.6 is 0 Å². The highest BCUT2D eigenvalue weighted by atomic mass is 16.5. The van der Waals surface area contributed by atoms with Gasteiger partial charge in [-0.05, 0) is 31.2 Å². The summed E-state index contributed by atoms with van der Waals surface area (Å²) in [7, 11) is 3.02. The third-order valence-corrected chi connectivity index (χ3v) is 3.59. The van der Waals surface area contributed by atoms with Crippen LogP contribution in [0.3, 0.4) is 0 Å². The molecule has 9 nitrogen and oxygen atoms in total. The van der Waals surface area contributed by atoms with Crippen molar-refractivity contribution in [3.05, 3.63) is 40.7 Å². The third kappa shape index (κ3) is 4.38. The van der Waals surface area contributed by atoms with E-state index in [0.29, 0.717) is 22.8 Å². The number of hydrogen-bond acceptors (Lipinski definition) is 6. The second-order valence-corrected chi connectivity index (χ2v) is 5.41. The SMILES string of the molecule is COc1ccc(-c2ccc(=O)n(CC(=O)NC(C)C(=O)O)n2)cc1OC. The van der Waals surface area contributed by atoms with Crippen molar-refractivity contribution >= 4 is 11.9 Å². The molecule has 0 radical (unpaired) electrons. The van der Waals surface area contributed by atoms with Crippen LogP contribution in [0.5, 0.6) is 11.5 Å². The Bertz CT molecular complexity index is 877. The molecule has 0 aliphatic carbocycles. The fourth-order valence-electron chi connectivity index (χ4n) is 2.20. The zero-order chi connectivity index (χ0) is 19.3. The summed E-state index contributed by atoms with van der Waals surface area (Å²) in [6, 6.07) is 6.89. The number of amides is 1. The summed E-state index contributed by atoms with van der Waals surface area (Å²) in [6.45, 7) is 0.939. The van der Waals surface area contributed by atoms with Gasteiger partial charge in [0.05, 0.1) is 19.9 Å². The Morgan fingerprint density at radius 2 is 1.88 bits per heavy atom. The molecule has 0 spiro atoms. The Kier molecular flexibility index (Phi) is 5.94. The van der Waals surface area contributed by atoms with E-state index in [4.69, 9.17) is 14.6 Å². The van der Waals surface area contributed by atoms with E-state index < -0.39 is 30.0 Å². The molecule has 1 atom stereocenters. The number of nitrogens with zero attached hydrogens (tertiary/aromatic N) is 2. The predicted octanol–water partition coefficient (Wildman–Crippen LogP) is 0.517. The first-order valence-electron chi connectivity index (χ1n) is 7.68. The van der Waals surface area contributed by atoms with Gasteiger partial charge in [0.25, 0.3) is 5.56 Å². The van der Waals surface area contributed by atoms with E-state index >= 15 is 0 Å². The fraction of sp³-hybridized carbons (Fsp3) is 0.294. The standard InChI is InChI=1S/C17H19N3O6/c1-10(17(23)24)18-15(21)9-20-16(22)7-5-12(19-20)11-4-6-13(25-2)14(8-11)26-3/h4-8,10H,9H2,1-3H3,(H,18,21)(H,23,24). The number of carbonyl (C=O) groups excluding carboxylic acids is 1. The molecule has 1 aromatic carbocycles. The lowest BCUT2D eigenvalue weighted by molar-refractivity contribution is -0.141. The number of aliphatic carboxylic acids is 1. The Morgan fingerprint density at radius 3 is 2.50 bits per heavy atom. The molecule has 0 bridgehead atoms. The summed E-state index contributed by atoms with van der Waals surface area (Å²) in [5.74, 6) is -0.749. The fourth-order valence-corrected chi connectivity index (χ4v) is 2.20. The lowest BCUT2D eigenvalue weighted by Gasteiger charge is -2.12. The largest absolute Gasteiger partial charge is 0.493 e. The summed E-state index contributed by atoms with van der Waals surface area (Å²) in [5, 5.41) is 15.3. The molecule has 1 amide bonds. The van der Waals surface area contributed by atoms with Crippen LogP contribution in [0, 0.1) is 0 Å². The molecular formula is C17H19N3O6. The molecule has 0 saturated heterocycles. The number of carboxylic acid groups (broad SMARTS) is 1. The van der Waals surface area contributed by atoms with Crippen molar-refractivity contribution in [3.63, 3.8) is 0 Å². The highest BCUT2D eigenvalue weighted by molar-refractivity contribution is 5.83. The van der Waals surface area contributed by atoms with E-state index in [1.54, 1.807) is 18.2 Å². The summed E-state index contributed by atoms with van der Waals surface area (Å²) >= 11 is 0. The minimum atomic E-state index is -1.17. The van der Waals surface area contributed by atoms with Crippen LogP contribution in [0.15, 0.2) is 35.1 Å². The number of ether oxygens (including phenoxy) is 2. The van der Waals surface area contributed by atoms with Gasteiger partial charge >= 0.3 is 5.97 Å². The number of carbonyl (C=O) groups is 2. The topological polar surface area (TPSA) is 120 Å². The van der Waals surface area contributed by atoms with Gasteiger partial charge in [-0.1, -0.05) is 0 Å². The monoisotopic (exact) mass is 361 g/mol. The lowest BCUT2D eigenvalue weighted by atomic mass is 10.1. The van der Waals surface area contributed by atoms with Gasteiger partial charge in [0.2, 0.25) is 5.91 Å². The van der Waals surface area contributed by atoms with E-state index in [9.17, 15) is 14.4 Å². The molecule has 0 aliphatic heterocycles. The predicted molar refractivity (Wildman–Crippen MR) is 92.3 cm³/mol. The van der Waals surface area contributed by atoms with Crippen molar-refractivity contribution in [2.24, 2.45) is 0 Å². The minimum absolute atomic E-state index is 0.391. The van der Waals surface area contributed by atoms with Crippen LogP contribution in [0.1, 0.15) is 6.92 Å². The maximum absolute atomic E-state index is 11.9. The Hall–Kier alpha value is -3.36. The van der Waals surface area contributed by atoms with Crippen molar-refractivity contribution in [2.45, 2.75) is 19.5 Å². The lowest BCUT2D eigenvalue weighted by Crippen LogP contribution is -2.41. The zero-order valence-electron chi connectivity index (χ0n) is 14.6. The van der Waals surface area contributed by atoms with Crippen molar-refractivity contribution in [2.75, 3.05) is 14.2 Å². The van der Waals surface area contributed by atoms with Crippen LogP contribution in [0.25, 0.3) is 11.3 Å². The van der Waals surface area contributed by atoms with E-state index in [1.807, 2.05) is 0 Å². The zero-order valence-corrected chi connectivity index (χ0v) is 14.6. The van der Waals surface area contributed by atoms with Crippen molar-refractivity contribution in [3.8, 4) is 22.8 Å². The molecule has 1 heterocycles. The number of aromatic nitrogens is 2. The third-order valence-electron chi connectivity index (χ3n) is 3.59. The maximum Gasteiger partial charge on any atom is 0.325 e. The van der Waals surface area contributed by atoms with Gasteiger partial charge in [-0.2, -0.15) is 5.10 Å². The van der Waals surface area contributed by atoms with Crippen LogP contribution < -0.4 is 20.3 Å². The quantitative estimate of drug-likeness (QED) is 0.737. The molecule has 138 valence electrons. The van der Waals surface area contributed by atoms with Gasteiger partial charge in [0, 0.05) is 11.6 Å². The molecule has 1 aromatic heterocycles. The smallest absolute Gasteiger partial charge is 0.325 e. The average molecular weight is 361 g/mol. The minimum Gasteiger partial charge on any atom is -0.493 e. The first-order chi connectivity index (χ1) is 12.3. The summed E-state index contributed by atoms with van der Waals surface area (Å²) in [6.07, 6.45) is 0. The Labute approximate surface area is 149 Å². The van der Waals surface area contributed by atoms with E-state index in [2.05, 4.69) is 10.4 Å². The number of rotatable bonds is 7. The summed E-state index contributed by atoms with van der Waals surface area (Å²) in [4.78, 5) is 34.6. The molecule has 0 saturated carbocycles. The van der Waals surface area contributed by atoms with Gasteiger partial charge in [-0.15, -0.1) is 0 Å². The van der Waals surface area contributed by atoms with Crippen molar-refractivity contribution in [1.82, 2.24) is 15.1 Å². The van der Waals surface area contributed by atoms with Gasteiger partial charge in [0.1, 0.15) is 12.6 Å². The van der Waals surface area contributed by atoms with Crippen LogP contribution in [0.4, 0.5) is 0 Å². The van der Waals surface area contributed by atoms with Gasteiger partial charge < -0.3 is 19.9 Å². The highest BCUT2D eigenvalue weighted by Gasteiger charge is 2.15. The number of hydrogen-bond donors (Lipinski definition) is 2. The molecule has 26 heavy (non-hydrogen) atoms. The van der Waals surface area contributed by atoms with E-state index in [1.165, 1.54) is 33.3 Å². The number of benzene rings is 1. The van der Waals surface area contributed by atoms with Gasteiger partial charge in [0.15, 0.2) is 11.5 Å². The van der Waals surface area contributed by atoms with Gasteiger partial charge in [-0.3, -0.25) is 14.4 Å². The molecular weight excluding hydrogens is 342 g/mol. The van der Waals surface area contributed by atoms with Crippen molar-refractivity contribution < 1.29 is 24.2 Å². The van der Waals surface area contributed by atoms with Crippen LogP contribution in [-0.4, -0.2) is 47.0 Å². The molecule has 2 aromatic rings. The second kappa shape index (κ2) is 8.15. The Balaban J connectivity index is 2.28. The average Bonchev–Trinajstić information content (AvgIpc) is 2.62. The summed E-state index contributed by atoms with van der Waals surface area (Å²) < 4.78 is 11.4. The number of methoxy groups -OCH3 is 2. The maximum atomic E-state index is 11.9. The van der Waals surface area contributed by atoms with Crippen LogP contribution in [-0.2, 0) is 16.1 Å². The van der Waals surface area contributed by atoms with Gasteiger partial charge in [-0.25, -0.2) is 4.68 Å². The molecule has 0 aliphatic rings. The number of carboxylic acids is 1. The van der Waals surface area contributed by atoms with E-state index in [-0.39, 0.29) is 0 Å². The Morgan fingerprint density at radius 1 is 1.19 bits per heavy atom. The number of nitrogens with one attached hydrogen (secondary N) is 1. The molecule has 9 heteroatoms. The molecule has 1 unspecified atom stereocenters.